The Hall–Kier alpha value is -4.54. The lowest BCUT2D eigenvalue weighted by Gasteiger charge is -2.24. The molecule has 10 heteroatoms. The fourth-order valence-corrected chi connectivity index (χ4v) is 4.69. The normalized spacial score (nSPS) is 16.3. The molecule has 0 aliphatic carbocycles. The molecular formula is C31H36N8O2. The van der Waals surface area contributed by atoms with Crippen molar-refractivity contribution in [2.45, 2.75) is 31.7 Å². The van der Waals surface area contributed by atoms with E-state index in [1.54, 1.807) is 23.5 Å². The van der Waals surface area contributed by atoms with Gasteiger partial charge in [0.25, 0.3) is 0 Å². The summed E-state index contributed by atoms with van der Waals surface area (Å²) in [5.41, 5.74) is 4.29. The molecule has 0 saturated carbocycles. The first-order valence-corrected chi connectivity index (χ1v) is 13.9. The van der Waals surface area contributed by atoms with Crippen LogP contribution in [0.4, 0.5) is 23.0 Å². The molecule has 1 saturated heterocycles. The maximum Gasteiger partial charge on any atom is 0.241 e. The molecule has 3 aromatic rings. The van der Waals surface area contributed by atoms with E-state index in [1.807, 2.05) is 86.0 Å². The van der Waals surface area contributed by atoms with Gasteiger partial charge in [-0.15, -0.1) is 0 Å². The number of nitrogens with zero attached hydrogens (tertiary/aromatic N) is 5. The third kappa shape index (κ3) is 7.56. The Morgan fingerprint density at radius 1 is 0.976 bits per heavy atom. The van der Waals surface area contributed by atoms with Crippen molar-refractivity contribution < 1.29 is 9.59 Å². The summed E-state index contributed by atoms with van der Waals surface area (Å²) in [6, 6.07) is 17.3. The van der Waals surface area contributed by atoms with Crippen LogP contribution in [0.2, 0.25) is 0 Å². The number of carbonyl (C=O) groups excluding carboxylic acids is 2. The average molecular weight is 553 g/mol. The summed E-state index contributed by atoms with van der Waals surface area (Å²) >= 11 is 0. The Labute approximate surface area is 240 Å². The van der Waals surface area contributed by atoms with Crippen LogP contribution >= 0.6 is 0 Å². The van der Waals surface area contributed by atoms with Gasteiger partial charge in [-0.2, -0.15) is 0 Å². The predicted octanol–water partition coefficient (Wildman–Crippen LogP) is 4.51. The van der Waals surface area contributed by atoms with Crippen molar-refractivity contribution in [1.29, 1.82) is 0 Å². The molecule has 2 aliphatic heterocycles. The molecule has 41 heavy (non-hydrogen) atoms. The molecule has 0 radical (unpaired) electrons. The third-order valence-corrected chi connectivity index (χ3v) is 6.96. The highest BCUT2D eigenvalue weighted by atomic mass is 16.2. The zero-order valence-electron chi connectivity index (χ0n) is 23.5. The van der Waals surface area contributed by atoms with Gasteiger partial charge in [-0.05, 0) is 88.9 Å². The van der Waals surface area contributed by atoms with Gasteiger partial charge in [0.15, 0.2) is 0 Å². The zero-order chi connectivity index (χ0) is 28.6. The molecule has 2 amide bonds. The van der Waals surface area contributed by atoms with E-state index in [1.165, 1.54) is 0 Å². The maximum absolute atomic E-state index is 12.4. The van der Waals surface area contributed by atoms with E-state index in [-0.39, 0.29) is 17.9 Å². The minimum atomic E-state index is -0.115. The number of amides is 2. The first-order chi connectivity index (χ1) is 19.9. The molecule has 2 aliphatic rings. The predicted molar refractivity (Wildman–Crippen MR) is 162 cm³/mol. The van der Waals surface area contributed by atoms with E-state index in [0.29, 0.717) is 12.4 Å². The monoisotopic (exact) mass is 552 g/mol. The second kappa shape index (κ2) is 13.2. The number of carbonyl (C=O) groups is 2. The van der Waals surface area contributed by atoms with Gasteiger partial charge in [0, 0.05) is 60.0 Å². The van der Waals surface area contributed by atoms with Crippen LogP contribution in [0.1, 0.15) is 25.7 Å². The van der Waals surface area contributed by atoms with E-state index in [0.717, 1.165) is 60.7 Å². The van der Waals surface area contributed by atoms with Crippen molar-refractivity contribution in [3.05, 3.63) is 85.6 Å². The highest BCUT2D eigenvalue weighted by molar-refractivity contribution is 5.95. The van der Waals surface area contributed by atoms with Gasteiger partial charge in [-0.1, -0.05) is 12.1 Å². The van der Waals surface area contributed by atoms with E-state index in [4.69, 9.17) is 0 Å². The van der Waals surface area contributed by atoms with Crippen LogP contribution in [0.15, 0.2) is 85.6 Å². The number of benzene rings is 2. The SMILES string of the molecule is CN(C)CCCC(=O)N1C=CN(c2ccc(Nc3nccc(-c4ccc(NC(=O)C5CCCN5)cc4)n3)cc2)C=C1. The quantitative estimate of drug-likeness (QED) is 0.338. The number of nitrogens with one attached hydrogen (secondary N) is 3. The topological polar surface area (TPSA) is 106 Å². The van der Waals surface area contributed by atoms with E-state index in [9.17, 15) is 9.59 Å². The van der Waals surface area contributed by atoms with Crippen LogP contribution in [-0.2, 0) is 9.59 Å². The number of hydrogen-bond acceptors (Lipinski definition) is 8. The Kier molecular flexibility index (Phi) is 9.02. The molecule has 212 valence electrons. The minimum absolute atomic E-state index is 0.00496. The Bertz CT molecular complexity index is 1380. The summed E-state index contributed by atoms with van der Waals surface area (Å²) in [6.07, 6.45) is 12.3. The molecule has 1 atom stereocenters. The van der Waals surface area contributed by atoms with Crippen LogP contribution in [0.25, 0.3) is 11.3 Å². The summed E-state index contributed by atoms with van der Waals surface area (Å²) in [7, 11) is 4.01. The molecule has 1 unspecified atom stereocenters. The average Bonchev–Trinajstić information content (AvgIpc) is 3.54. The van der Waals surface area contributed by atoms with E-state index >= 15 is 0 Å². The highest BCUT2D eigenvalue weighted by Crippen LogP contribution is 2.24. The van der Waals surface area contributed by atoms with Crippen molar-refractivity contribution in [1.82, 2.24) is 25.1 Å². The van der Waals surface area contributed by atoms with Gasteiger partial charge in [0.2, 0.25) is 17.8 Å². The lowest BCUT2D eigenvalue weighted by molar-refractivity contribution is -0.126. The number of hydrogen-bond donors (Lipinski definition) is 3. The largest absolute Gasteiger partial charge is 0.325 e. The van der Waals surface area contributed by atoms with Gasteiger partial charge in [-0.25, -0.2) is 9.97 Å². The smallest absolute Gasteiger partial charge is 0.241 e. The van der Waals surface area contributed by atoms with Crippen LogP contribution in [-0.4, -0.2) is 64.8 Å². The Balaban J connectivity index is 1.15. The summed E-state index contributed by atoms with van der Waals surface area (Å²) in [5, 5.41) is 9.46. The van der Waals surface area contributed by atoms with Crippen molar-refractivity contribution in [3.63, 3.8) is 0 Å². The third-order valence-electron chi connectivity index (χ3n) is 6.96. The maximum atomic E-state index is 12.4. The lowest BCUT2D eigenvalue weighted by atomic mass is 10.1. The summed E-state index contributed by atoms with van der Waals surface area (Å²) in [6.45, 7) is 1.78. The fourth-order valence-electron chi connectivity index (χ4n) is 4.69. The second-order valence-corrected chi connectivity index (χ2v) is 10.4. The number of aromatic nitrogens is 2. The van der Waals surface area contributed by atoms with Gasteiger partial charge in [0.1, 0.15) is 0 Å². The second-order valence-electron chi connectivity index (χ2n) is 10.4. The highest BCUT2D eigenvalue weighted by Gasteiger charge is 2.21. The molecule has 1 fully saturated rings. The van der Waals surface area contributed by atoms with Gasteiger partial charge in [-0.3, -0.25) is 14.5 Å². The minimum Gasteiger partial charge on any atom is -0.325 e. The van der Waals surface area contributed by atoms with Crippen molar-refractivity contribution in [3.8, 4) is 11.3 Å². The molecule has 0 bridgehead atoms. The molecule has 10 nitrogen and oxygen atoms in total. The molecule has 3 N–H and O–H groups in total. The van der Waals surface area contributed by atoms with E-state index < -0.39 is 0 Å². The molecule has 5 rings (SSSR count). The van der Waals surface area contributed by atoms with Gasteiger partial charge < -0.3 is 25.8 Å². The van der Waals surface area contributed by atoms with Crippen molar-refractivity contribution >= 4 is 34.8 Å². The lowest BCUT2D eigenvalue weighted by Crippen LogP contribution is -2.35. The van der Waals surface area contributed by atoms with Crippen LogP contribution < -0.4 is 20.9 Å². The number of rotatable bonds is 10. The van der Waals surface area contributed by atoms with Gasteiger partial charge in [0.05, 0.1) is 11.7 Å². The molecule has 1 aromatic heterocycles. The first-order valence-electron chi connectivity index (χ1n) is 13.9. The summed E-state index contributed by atoms with van der Waals surface area (Å²) in [5.74, 6) is 0.576. The molecule has 3 heterocycles. The Morgan fingerprint density at radius 3 is 2.39 bits per heavy atom. The number of anilines is 4. The van der Waals surface area contributed by atoms with Crippen LogP contribution in [0, 0.1) is 0 Å². The molecule has 2 aromatic carbocycles. The first kappa shape index (κ1) is 28.0. The fraction of sp³-hybridized carbons (Fsp3) is 0.290. The molecular weight excluding hydrogens is 516 g/mol. The van der Waals surface area contributed by atoms with Crippen LogP contribution in [0.3, 0.4) is 0 Å². The zero-order valence-corrected chi connectivity index (χ0v) is 23.5. The standard InChI is InChI=1S/C31H36N8O2/c1-37(2)18-4-6-29(40)39-21-19-38(20-22-39)26-13-11-25(12-14-26)35-31-33-17-15-27(36-31)23-7-9-24(10-8-23)34-30(41)28-5-3-16-32-28/h7-15,17,19-22,28,32H,3-6,16,18H2,1-2H3,(H,34,41)(H,33,35,36). The van der Waals surface area contributed by atoms with Crippen molar-refractivity contribution in [2.75, 3.05) is 42.7 Å². The Morgan fingerprint density at radius 2 is 1.71 bits per heavy atom. The van der Waals surface area contributed by atoms with Crippen LogP contribution in [0.5, 0.6) is 0 Å². The molecule has 0 spiro atoms. The summed E-state index contributed by atoms with van der Waals surface area (Å²) < 4.78 is 0. The van der Waals surface area contributed by atoms with Gasteiger partial charge >= 0.3 is 0 Å². The summed E-state index contributed by atoms with van der Waals surface area (Å²) in [4.78, 5) is 39.5. The van der Waals surface area contributed by atoms with E-state index in [2.05, 4.69) is 30.8 Å². The van der Waals surface area contributed by atoms with Crippen molar-refractivity contribution in [2.24, 2.45) is 0 Å².